The van der Waals surface area contributed by atoms with Crippen LogP contribution in [-0.2, 0) is 11.2 Å². The van der Waals surface area contributed by atoms with Crippen molar-refractivity contribution in [3.63, 3.8) is 0 Å². The minimum Gasteiger partial charge on any atom is -0.496 e. The zero-order valence-corrected chi connectivity index (χ0v) is 21.5. The largest absolute Gasteiger partial charge is 0.496 e. The Morgan fingerprint density at radius 1 is 1.28 bits per heavy atom. The molecule has 10 heteroatoms. The Morgan fingerprint density at radius 2 is 2.08 bits per heavy atom. The van der Waals surface area contributed by atoms with Gasteiger partial charge in [0.15, 0.2) is 5.75 Å². The third-order valence-corrected chi connectivity index (χ3v) is 7.80. The number of ketones is 2. The molecule has 2 aromatic heterocycles. The number of carbonyl (C=O) groups excluding carboxylic acids is 2. The highest BCUT2D eigenvalue weighted by atomic mass is 35.5. The van der Waals surface area contributed by atoms with Gasteiger partial charge in [0.1, 0.15) is 27.1 Å². The van der Waals surface area contributed by atoms with E-state index in [9.17, 15) is 9.59 Å². The number of benzene rings is 1. The molecule has 8 nitrogen and oxygen atoms in total. The van der Waals surface area contributed by atoms with Gasteiger partial charge in [0.05, 0.1) is 19.9 Å². The quantitative estimate of drug-likeness (QED) is 0.450. The van der Waals surface area contributed by atoms with Crippen LogP contribution in [0.5, 0.6) is 17.2 Å². The number of rotatable bonds is 7. The Balaban J connectivity index is 1.31. The fraction of sp³-hybridized carbons (Fsp3) is 0.308. The van der Waals surface area contributed by atoms with Gasteiger partial charge in [-0.1, -0.05) is 18.5 Å². The number of carbonyl (C=O) groups is 2. The molecular weight excluding hydrogens is 502 g/mol. The van der Waals surface area contributed by atoms with E-state index in [4.69, 9.17) is 25.8 Å². The lowest BCUT2D eigenvalue weighted by Crippen LogP contribution is -2.55. The monoisotopic (exact) mass is 525 g/mol. The zero-order chi connectivity index (χ0) is 25.4. The van der Waals surface area contributed by atoms with Crippen LogP contribution in [0.1, 0.15) is 29.4 Å². The summed E-state index contributed by atoms with van der Waals surface area (Å²) in [5.41, 5.74) is 1.19. The standard InChI is InChI=1S/C26H24ClN3O5S/c1-14-9-17(29-8-6-16-13-36-25(30-16)15-5-4-7-28-12-15)10-20(31)26(14)24(32)21-18(33-2)11-19(34-3)22(27)23(21)35-26/h4-5,7,10-14,29H,6,8-9H2,1-3H3/t14-,26+/m1/s1. The molecule has 0 radical (unpaired) electrons. The number of fused-ring (bicyclic) bond motifs is 1. The molecule has 0 saturated carbocycles. The number of thiazole rings is 1. The fourth-order valence-electron chi connectivity index (χ4n) is 4.65. The normalized spacial score (nSPS) is 20.7. The number of Topliss-reactive ketones (excluding diaryl/α,β-unsaturated/α-hetero) is 1. The minimum absolute atomic E-state index is 0.121. The molecule has 0 amide bonds. The van der Waals surface area contributed by atoms with Crippen molar-refractivity contribution in [1.82, 2.24) is 15.3 Å². The van der Waals surface area contributed by atoms with E-state index in [1.807, 2.05) is 24.4 Å². The van der Waals surface area contributed by atoms with E-state index >= 15 is 0 Å². The van der Waals surface area contributed by atoms with E-state index in [2.05, 4.69) is 15.3 Å². The maximum atomic E-state index is 13.6. The molecule has 1 aromatic carbocycles. The number of methoxy groups -OCH3 is 2. The summed E-state index contributed by atoms with van der Waals surface area (Å²) in [5, 5.41) is 6.41. The molecule has 0 bridgehead atoms. The van der Waals surface area contributed by atoms with Gasteiger partial charge in [0.25, 0.3) is 0 Å². The molecule has 3 heterocycles. The molecule has 3 aromatic rings. The highest BCUT2D eigenvalue weighted by Gasteiger charge is 2.60. The summed E-state index contributed by atoms with van der Waals surface area (Å²) in [6.07, 6.45) is 6.14. The first-order valence-corrected chi connectivity index (χ1v) is 12.7. The molecule has 0 fully saturated rings. The van der Waals surface area contributed by atoms with Crippen LogP contribution in [0.15, 0.2) is 47.7 Å². The molecule has 1 aliphatic carbocycles. The highest BCUT2D eigenvalue weighted by molar-refractivity contribution is 7.13. The molecule has 2 aliphatic rings. The van der Waals surface area contributed by atoms with Crippen LogP contribution in [-0.4, -0.2) is 47.9 Å². The molecule has 1 spiro atoms. The lowest BCUT2D eigenvalue weighted by atomic mass is 9.74. The number of allylic oxidation sites excluding steroid dienone is 1. The predicted molar refractivity (Wildman–Crippen MR) is 136 cm³/mol. The smallest absolute Gasteiger partial charge is 0.236 e. The van der Waals surface area contributed by atoms with Gasteiger partial charge in [-0.15, -0.1) is 11.3 Å². The van der Waals surface area contributed by atoms with Crippen molar-refractivity contribution in [2.75, 3.05) is 20.8 Å². The molecule has 186 valence electrons. The maximum Gasteiger partial charge on any atom is 0.236 e. The Kier molecular flexibility index (Phi) is 6.44. The Bertz CT molecular complexity index is 1370. The molecule has 1 aliphatic heterocycles. The van der Waals surface area contributed by atoms with Gasteiger partial charge in [0, 0.05) is 60.1 Å². The molecule has 5 rings (SSSR count). The van der Waals surface area contributed by atoms with E-state index in [-0.39, 0.29) is 22.1 Å². The first-order chi connectivity index (χ1) is 17.4. The van der Waals surface area contributed by atoms with Crippen LogP contribution < -0.4 is 19.5 Å². The Hall–Kier alpha value is -3.43. The lowest BCUT2D eigenvalue weighted by molar-refractivity contribution is -0.129. The average Bonchev–Trinajstić information content (AvgIpc) is 3.48. The van der Waals surface area contributed by atoms with Crippen molar-refractivity contribution in [2.45, 2.75) is 25.4 Å². The summed E-state index contributed by atoms with van der Waals surface area (Å²) in [6.45, 7) is 2.43. The van der Waals surface area contributed by atoms with Crippen molar-refractivity contribution in [3.05, 3.63) is 64.0 Å². The van der Waals surface area contributed by atoms with Gasteiger partial charge in [0.2, 0.25) is 17.2 Å². The second kappa shape index (κ2) is 9.55. The SMILES string of the molecule is COc1cc(OC)c2c(c1Cl)O[C@@]1(C(=O)C=C(NCCc3csc(-c4cccnc4)n3)C[C@H]1C)C2=O. The van der Waals surface area contributed by atoms with Crippen LogP contribution in [0.2, 0.25) is 5.02 Å². The van der Waals surface area contributed by atoms with Gasteiger partial charge >= 0.3 is 0 Å². The van der Waals surface area contributed by atoms with Crippen LogP contribution in [0.3, 0.4) is 0 Å². The first kappa shape index (κ1) is 24.3. The van der Waals surface area contributed by atoms with E-state index < -0.39 is 23.1 Å². The van der Waals surface area contributed by atoms with E-state index in [1.54, 1.807) is 23.7 Å². The number of nitrogens with zero attached hydrogens (tertiary/aromatic N) is 2. The van der Waals surface area contributed by atoms with Gasteiger partial charge in [-0.2, -0.15) is 0 Å². The summed E-state index contributed by atoms with van der Waals surface area (Å²) in [5.74, 6) is -0.613. The van der Waals surface area contributed by atoms with E-state index in [0.717, 1.165) is 22.0 Å². The fourth-order valence-corrected chi connectivity index (χ4v) is 5.76. The van der Waals surface area contributed by atoms with Crippen LogP contribution in [0.25, 0.3) is 10.6 Å². The summed E-state index contributed by atoms with van der Waals surface area (Å²) in [7, 11) is 2.90. The van der Waals surface area contributed by atoms with Crippen molar-refractivity contribution in [2.24, 2.45) is 5.92 Å². The third kappa shape index (κ3) is 3.92. The molecular formula is C26H24ClN3O5S. The number of hydrogen-bond donors (Lipinski definition) is 1. The lowest BCUT2D eigenvalue weighted by Gasteiger charge is -2.35. The summed E-state index contributed by atoms with van der Waals surface area (Å²) < 4.78 is 16.8. The average molecular weight is 526 g/mol. The number of halogens is 1. The van der Waals surface area contributed by atoms with E-state index in [1.165, 1.54) is 26.4 Å². The Morgan fingerprint density at radius 3 is 2.78 bits per heavy atom. The maximum absolute atomic E-state index is 13.6. The topological polar surface area (TPSA) is 99.6 Å². The molecule has 36 heavy (non-hydrogen) atoms. The number of hydrogen-bond acceptors (Lipinski definition) is 9. The molecule has 0 saturated heterocycles. The van der Waals surface area contributed by atoms with Gasteiger partial charge in [-0.3, -0.25) is 14.6 Å². The van der Waals surface area contributed by atoms with Gasteiger partial charge in [-0.25, -0.2) is 4.98 Å². The van der Waals surface area contributed by atoms with Crippen molar-refractivity contribution >= 4 is 34.5 Å². The van der Waals surface area contributed by atoms with Gasteiger partial charge < -0.3 is 19.5 Å². The van der Waals surface area contributed by atoms with Crippen LogP contribution >= 0.6 is 22.9 Å². The summed E-state index contributed by atoms with van der Waals surface area (Å²) in [4.78, 5) is 35.8. The highest BCUT2D eigenvalue weighted by Crippen LogP contribution is 2.52. The minimum atomic E-state index is -1.68. The van der Waals surface area contributed by atoms with Crippen molar-refractivity contribution in [3.8, 4) is 27.8 Å². The number of aromatic nitrogens is 2. The predicted octanol–water partition coefficient (Wildman–Crippen LogP) is 4.51. The van der Waals surface area contributed by atoms with Crippen LogP contribution in [0.4, 0.5) is 0 Å². The second-order valence-corrected chi connectivity index (χ2v) is 9.90. The van der Waals surface area contributed by atoms with Gasteiger partial charge in [-0.05, 0) is 18.6 Å². The molecule has 2 atom stereocenters. The van der Waals surface area contributed by atoms with Crippen molar-refractivity contribution in [1.29, 1.82) is 0 Å². The number of nitrogens with one attached hydrogen (secondary N) is 1. The first-order valence-electron chi connectivity index (χ1n) is 11.4. The Labute approximate surface area is 217 Å². The zero-order valence-electron chi connectivity index (χ0n) is 20.0. The number of pyridine rings is 1. The third-order valence-electron chi connectivity index (χ3n) is 6.50. The van der Waals surface area contributed by atoms with Crippen LogP contribution in [0, 0.1) is 5.92 Å². The second-order valence-electron chi connectivity index (χ2n) is 8.67. The van der Waals surface area contributed by atoms with Crippen molar-refractivity contribution < 1.29 is 23.8 Å². The molecule has 0 unspecified atom stereocenters. The van der Waals surface area contributed by atoms with E-state index in [0.29, 0.717) is 25.1 Å². The summed E-state index contributed by atoms with van der Waals surface area (Å²) in [6, 6.07) is 5.39. The summed E-state index contributed by atoms with van der Waals surface area (Å²) >= 11 is 8.01. The number of ether oxygens (including phenoxy) is 3. The molecule has 1 N–H and O–H groups in total.